The van der Waals surface area contributed by atoms with Crippen molar-refractivity contribution in [2.24, 2.45) is 0 Å². The van der Waals surface area contributed by atoms with E-state index in [1.54, 1.807) is 18.3 Å². The van der Waals surface area contributed by atoms with E-state index in [0.29, 0.717) is 6.54 Å². The Morgan fingerprint density at radius 2 is 2.13 bits per heavy atom. The molecular weight excluding hydrogens is 196 g/mol. The number of nitrogens with one attached hydrogen (secondary N) is 1. The monoisotopic (exact) mass is 208 g/mol. The van der Waals surface area contributed by atoms with Gasteiger partial charge in [-0.1, -0.05) is 6.07 Å². The Hall–Kier alpha value is -1.91. The number of carboxylic acids is 1. The average Bonchev–Trinajstić information content (AvgIpc) is 2.25. The molecule has 0 aliphatic heterocycles. The molecule has 0 aliphatic rings. The van der Waals surface area contributed by atoms with Gasteiger partial charge in [-0.15, -0.1) is 0 Å². The molecule has 0 spiro atoms. The maximum absolute atomic E-state index is 11.1. The van der Waals surface area contributed by atoms with E-state index < -0.39 is 5.97 Å². The smallest absolute Gasteiger partial charge is 0.303 e. The molecule has 1 aromatic heterocycles. The summed E-state index contributed by atoms with van der Waals surface area (Å²) < 4.78 is 0. The minimum atomic E-state index is -0.969. The van der Waals surface area contributed by atoms with Gasteiger partial charge in [0.05, 0.1) is 18.7 Å². The molecule has 15 heavy (non-hydrogen) atoms. The molecule has 0 saturated carbocycles. The molecule has 0 unspecified atom stereocenters. The minimum absolute atomic E-state index is 0.00215. The number of amides is 1. The van der Waals surface area contributed by atoms with Crippen molar-refractivity contribution in [3.63, 3.8) is 0 Å². The summed E-state index contributed by atoms with van der Waals surface area (Å²) in [5, 5.41) is 10.9. The van der Waals surface area contributed by atoms with Crippen LogP contribution in [0, 0.1) is 0 Å². The standard InChI is InChI=1S/C10H12N2O3/c13-9(4-5-10(14)15)12-7-8-3-1-2-6-11-8/h1-3,6H,4-5,7H2,(H,12,13)(H,14,15). The topological polar surface area (TPSA) is 79.3 Å². The zero-order valence-corrected chi connectivity index (χ0v) is 8.14. The van der Waals surface area contributed by atoms with Gasteiger partial charge < -0.3 is 10.4 Å². The summed E-state index contributed by atoms with van der Waals surface area (Å²) in [7, 11) is 0. The van der Waals surface area contributed by atoms with Crippen molar-refractivity contribution in [3.05, 3.63) is 30.1 Å². The molecule has 0 aromatic carbocycles. The van der Waals surface area contributed by atoms with Gasteiger partial charge in [0.15, 0.2) is 0 Å². The van der Waals surface area contributed by atoms with Crippen molar-refractivity contribution in [2.45, 2.75) is 19.4 Å². The fraction of sp³-hybridized carbons (Fsp3) is 0.300. The molecule has 0 aliphatic carbocycles. The lowest BCUT2D eigenvalue weighted by Gasteiger charge is -2.02. The summed E-state index contributed by atoms with van der Waals surface area (Å²) in [5.74, 6) is -1.24. The highest BCUT2D eigenvalue weighted by Gasteiger charge is 2.04. The molecular formula is C10H12N2O3. The van der Waals surface area contributed by atoms with Gasteiger partial charge in [0.2, 0.25) is 5.91 Å². The molecule has 0 fully saturated rings. The van der Waals surface area contributed by atoms with Crippen molar-refractivity contribution < 1.29 is 14.7 Å². The van der Waals surface area contributed by atoms with E-state index in [1.807, 2.05) is 6.07 Å². The second kappa shape index (κ2) is 5.74. The number of hydrogen-bond donors (Lipinski definition) is 2. The molecule has 5 nitrogen and oxygen atoms in total. The largest absolute Gasteiger partial charge is 0.481 e. The predicted octanol–water partition coefficient (Wildman–Crippen LogP) is 0.563. The van der Waals surface area contributed by atoms with Gasteiger partial charge in [-0.2, -0.15) is 0 Å². The fourth-order valence-electron chi connectivity index (χ4n) is 1.00. The third-order valence-electron chi connectivity index (χ3n) is 1.76. The Morgan fingerprint density at radius 1 is 1.33 bits per heavy atom. The predicted molar refractivity (Wildman–Crippen MR) is 53.0 cm³/mol. The Bertz CT molecular complexity index is 338. The number of rotatable bonds is 5. The SMILES string of the molecule is O=C(O)CCC(=O)NCc1ccccn1. The van der Waals surface area contributed by atoms with Gasteiger partial charge in [0.1, 0.15) is 0 Å². The highest BCUT2D eigenvalue weighted by atomic mass is 16.4. The second-order valence-corrected chi connectivity index (χ2v) is 2.99. The minimum Gasteiger partial charge on any atom is -0.481 e. The summed E-state index contributed by atoms with van der Waals surface area (Å²) in [6, 6.07) is 5.40. The van der Waals surface area contributed by atoms with Crippen LogP contribution in [0.15, 0.2) is 24.4 Å². The van der Waals surface area contributed by atoms with Gasteiger partial charge in [-0.05, 0) is 12.1 Å². The number of aliphatic carboxylic acids is 1. The van der Waals surface area contributed by atoms with Gasteiger partial charge >= 0.3 is 5.97 Å². The van der Waals surface area contributed by atoms with Crippen molar-refractivity contribution in [1.29, 1.82) is 0 Å². The lowest BCUT2D eigenvalue weighted by molar-refractivity contribution is -0.138. The summed E-state index contributed by atoms with van der Waals surface area (Å²) in [5.41, 5.74) is 0.751. The Kier molecular flexibility index (Phi) is 4.28. The molecule has 2 N–H and O–H groups in total. The zero-order chi connectivity index (χ0) is 11.1. The van der Waals surface area contributed by atoms with Crippen LogP contribution in [-0.2, 0) is 16.1 Å². The van der Waals surface area contributed by atoms with Crippen molar-refractivity contribution in [1.82, 2.24) is 10.3 Å². The normalized spacial score (nSPS) is 9.60. The first-order chi connectivity index (χ1) is 7.18. The number of carbonyl (C=O) groups is 2. The summed E-state index contributed by atoms with van der Waals surface area (Å²) in [6.07, 6.45) is 1.49. The molecule has 1 heterocycles. The summed E-state index contributed by atoms with van der Waals surface area (Å²) in [4.78, 5) is 25.3. The van der Waals surface area contributed by atoms with Gasteiger partial charge in [-0.3, -0.25) is 14.6 Å². The van der Waals surface area contributed by atoms with E-state index in [9.17, 15) is 9.59 Å². The number of carboxylic acid groups (broad SMARTS) is 1. The molecule has 1 amide bonds. The highest BCUT2D eigenvalue weighted by molar-refractivity contribution is 5.80. The van der Waals surface area contributed by atoms with Crippen molar-refractivity contribution in [3.8, 4) is 0 Å². The number of aromatic nitrogens is 1. The van der Waals surface area contributed by atoms with Gasteiger partial charge in [-0.25, -0.2) is 0 Å². The van der Waals surface area contributed by atoms with Crippen molar-refractivity contribution in [2.75, 3.05) is 0 Å². The number of nitrogens with zero attached hydrogens (tertiary/aromatic N) is 1. The van der Waals surface area contributed by atoms with Crippen LogP contribution >= 0.6 is 0 Å². The molecule has 5 heteroatoms. The second-order valence-electron chi connectivity index (χ2n) is 2.99. The van der Waals surface area contributed by atoms with E-state index >= 15 is 0 Å². The number of pyridine rings is 1. The lowest BCUT2D eigenvalue weighted by Crippen LogP contribution is -2.23. The van der Waals surface area contributed by atoms with Gasteiger partial charge in [0.25, 0.3) is 0 Å². The van der Waals surface area contributed by atoms with Crippen LogP contribution in [0.4, 0.5) is 0 Å². The third kappa shape index (κ3) is 4.75. The maximum atomic E-state index is 11.1. The van der Waals surface area contributed by atoms with Crippen LogP contribution in [0.25, 0.3) is 0 Å². The van der Waals surface area contributed by atoms with Crippen LogP contribution < -0.4 is 5.32 Å². The van der Waals surface area contributed by atoms with Crippen molar-refractivity contribution >= 4 is 11.9 Å². The van der Waals surface area contributed by atoms with E-state index in [-0.39, 0.29) is 18.7 Å². The molecule has 1 rings (SSSR count). The quantitative estimate of drug-likeness (QED) is 0.741. The van der Waals surface area contributed by atoms with Crippen LogP contribution in [0.3, 0.4) is 0 Å². The van der Waals surface area contributed by atoms with E-state index in [2.05, 4.69) is 10.3 Å². The van der Waals surface area contributed by atoms with Crippen LogP contribution in [0.5, 0.6) is 0 Å². The first-order valence-corrected chi connectivity index (χ1v) is 4.57. The van der Waals surface area contributed by atoms with Crippen LogP contribution in [0.1, 0.15) is 18.5 Å². The van der Waals surface area contributed by atoms with E-state index in [1.165, 1.54) is 0 Å². The lowest BCUT2D eigenvalue weighted by atomic mass is 10.3. The molecule has 0 saturated heterocycles. The number of carbonyl (C=O) groups excluding carboxylic acids is 1. The summed E-state index contributed by atoms with van der Waals surface area (Å²) in [6.45, 7) is 0.333. The maximum Gasteiger partial charge on any atom is 0.303 e. The van der Waals surface area contributed by atoms with Crippen LogP contribution in [0.2, 0.25) is 0 Å². The first kappa shape index (κ1) is 11.2. The molecule has 80 valence electrons. The van der Waals surface area contributed by atoms with E-state index in [4.69, 9.17) is 5.11 Å². The Morgan fingerprint density at radius 3 is 2.73 bits per heavy atom. The summed E-state index contributed by atoms with van der Waals surface area (Å²) >= 11 is 0. The fourth-order valence-corrected chi connectivity index (χ4v) is 1.00. The average molecular weight is 208 g/mol. The molecule has 1 aromatic rings. The Labute approximate surface area is 87.1 Å². The molecule has 0 radical (unpaired) electrons. The van der Waals surface area contributed by atoms with E-state index in [0.717, 1.165) is 5.69 Å². The van der Waals surface area contributed by atoms with Gasteiger partial charge in [0, 0.05) is 12.6 Å². The number of hydrogen-bond acceptors (Lipinski definition) is 3. The first-order valence-electron chi connectivity index (χ1n) is 4.57. The highest BCUT2D eigenvalue weighted by Crippen LogP contribution is 1.94. The molecule has 0 atom stereocenters. The third-order valence-corrected chi connectivity index (χ3v) is 1.76. The zero-order valence-electron chi connectivity index (χ0n) is 8.14. The molecule has 0 bridgehead atoms. The Balaban J connectivity index is 2.26. The van der Waals surface area contributed by atoms with Crippen LogP contribution in [-0.4, -0.2) is 22.0 Å².